The predicted octanol–water partition coefficient (Wildman–Crippen LogP) is 5.83. The van der Waals surface area contributed by atoms with Gasteiger partial charge >= 0.3 is 0 Å². The molecule has 0 aromatic heterocycles. The Labute approximate surface area is 149 Å². The van der Waals surface area contributed by atoms with Crippen molar-refractivity contribution in [2.45, 2.75) is 91.9 Å². The maximum absolute atomic E-state index is 13.4. The van der Waals surface area contributed by atoms with E-state index < -0.39 is 0 Å². The lowest BCUT2D eigenvalue weighted by Crippen LogP contribution is -2.39. The van der Waals surface area contributed by atoms with Gasteiger partial charge in [-0.15, -0.1) is 0 Å². The second-order valence-electron chi connectivity index (χ2n) is 8.27. The lowest BCUT2D eigenvalue weighted by molar-refractivity contribution is -0.140. The largest absolute Gasteiger partial charge is 0.299 e. The number of carbonyl (C=O) groups is 2. The number of carbonyl (C=O) groups excluding carboxylic acids is 2. The number of hydrogen-bond donors (Lipinski definition) is 0. The van der Waals surface area contributed by atoms with Crippen molar-refractivity contribution in [3.05, 3.63) is 0 Å². The molecule has 24 heavy (non-hydrogen) atoms. The standard InChI is InChI=1S/C22H38O2/c1-5-15(6-2)18-13-9-11-17-12-10-14-19(16(7-3)8-4)22(24)20(17)21(18)23/h15-20H,5-14H2,1-4H3/t17?,18-,19+,20?. The number of Topliss-reactive ketones (excluding diaryl/α,β-unsaturated/α-hetero) is 2. The van der Waals surface area contributed by atoms with Gasteiger partial charge in [0.05, 0.1) is 5.92 Å². The molecule has 0 heterocycles. The molecular formula is C22H38O2. The lowest BCUT2D eigenvalue weighted by Gasteiger charge is -2.30. The zero-order valence-corrected chi connectivity index (χ0v) is 16.4. The molecule has 0 amide bonds. The Balaban J connectivity index is 2.30. The van der Waals surface area contributed by atoms with Crippen molar-refractivity contribution < 1.29 is 9.59 Å². The Morgan fingerprint density at radius 1 is 0.708 bits per heavy atom. The van der Waals surface area contributed by atoms with Crippen LogP contribution in [0.5, 0.6) is 0 Å². The smallest absolute Gasteiger partial charge is 0.146 e. The molecule has 2 aliphatic rings. The van der Waals surface area contributed by atoms with Crippen molar-refractivity contribution in [2.24, 2.45) is 35.5 Å². The van der Waals surface area contributed by atoms with Crippen LogP contribution in [0, 0.1) is 35.5 Å². The number of hydrogen-bond acceptors (Lipinski definition) is 2. The maximum Gasteiger partial charge on any atom is 0.146 e. The zero-order valence-electron chi connectivity index (χ0n) is 16.4. The molecule has 4 atom stereocenters. The summed E-state index contributed by atoms with van der Waals surface area (Å²) in [4.78, 5) is 26.9. The normalized spacial score (nSPS) is 31.9. The molecule has 0 N–H and O–H groups in total. The average molecular weight is 335 g/mol. The first-order valence-electron chi connectivity index (χ1n) is 10.7. The summed E-state index contributed by atoms with van der Waals surface area (Å²) >= 11 is 0. The summed E-state index contributed by atoms with van der Waals surface area (Å²) in [6.45, 7) is 8.80. The molecule has 2 saturated carbocycles. The van der Waals surface area contributed by atoms with E-state index >= 15 is 0 Å². The molecular weight excluding hydrogens is 296 g/mol. The molecule has 2 nitrogen and oxygen atoms in total. The van der Waals surface area contributed by atoms with Gasteiger partial charge in [-0.25, -0.2) is 0 Å². The van der Waals surface area contributed by atoms with E-state index in [-0.39, 0.29) is 17.8 Å². The van der Waals surface area contributed by atoms with E-state index in [4.69, 9.17) is 0 Å². The molecule has 0 aromatic carbocycles. The monoisotopic (exact) mass is 334 g/mol. The van der Waals surface area contributed by atoms with E-state index in [0.717, 1.165) is 64.2 Å². The first-order chi connectivity index (χ1) is 11.6. The maximum atomic E-state index is 13.4. The molecule has 2 rings (SSSR count). The highest BCUT2D eigenvalue weighted by atomic mass is 16.2. The van der Waals surface area contributed by atoms with Crippen molar-refractivity contribution in [3.63, 3.8) is 0 Å². The molecule has 0 spiro atoms. The van der Waals surface area contributed by atoms with Crippen LogP contribution in [0.2, 0.25) is 0 Å². The molecule has 0 saturated heterocycles. The van der Waals surface area contributed by atoms with Crippen molar-refractivity contribution >= 4 is 11.6 Å². The van der Waals surface area contributed by atoms with E-state index in [1.807, 2.05) is 0 Å². The number of ketones is 2. The summed E-state index contributed by atoms with van der Waals surface area (Å²) < 4.78 is 0. The van der Waals surface area contributed by atoms with Crippen molar-refractivity contribution in [2.75, 3.05) is 0 Å². The fourth-order valence-corrected chi connectivity index (χ4v) is 5.68. The highest BCUT2D eigenvalue weighted by Gasteiger charge is 2.46. The van der Waals surface area contributed by atoms with Gasteiger partial charge in [0.25, 0.3) is 0 Å². The van der Waals surface area contributed by atoms with Gasteiger partial charge in [0.1, 0.15) is 11.6 Å². The van der Waals surface area contributed by atoms with Crippen LogP contribution < -0.4 is 0 Å². The average Bonchev–Trinajstić information content (AvgIpc) is 2.84. The lowest BCUT2D eigenvalue weighted by atomic mass is 9.72. The third kappa shape index (κ3) is 3.94. The molecule has 0 aliphatic heterocycles. The molecule has 0 radical (unpaired) electrons. The Kier molecular flexibility index (Phi) is 7.50. The van der Waals surface area contributed by atoms with Gasteiger partial charge in [-0.3, -0.25) is 9.59 Å². The SMILES string of the molecule is CCC(CC)[C@@H]1CCCC2CCC[C@H](C(CC)CC)C(=O)C2C1=O. The minimum atomic E-state index is -0.272. The van der Waals surface area contributed by atoms with Gasteiger partial charge in [0, 0.05) is 11.8 Å². The fraction of sp³-hybridized carbons (Fsp3) is 0.909. The van der Waals surface area contributed by atoms with E-state index in [0.29, 0.717) is 29.3 Å². The summed E-state index contributed by atoms with van der Waals surface area (Å²) in [5.41, 5.74) is 0. The van der Waals surface area contributed by atoms with Crippen LogP contribution >= 0.6 is 0 Å². The van der Waals surface area contributed by atoms with Crippen LogP contribution in [0.1, 0.15) is 91.9 Å². The summed E-state index contributed by atoms with van der Waals surface area (Å²) in [7, 11) is 0. The van der Waals surface area contributed by atoms with E-state index in [1.165, 1.54) is 0 Å². The molecule has 0 aromatic rings. The van der Waals surface area contributed by atoms with E-state index in [1.54, 1.807) is 0 Å². The quantitative estimate of drug-likeness (QED) is 0.573. The molecule has 2 fully saturated rings. The van der Waals surface area contributed by atoms with Crippen molar-refractivity contribution in [1.82, 2.24) is 0 Å². The van der Waals surface area contributed by atoms with Crippen molar-refractivity contribution in [3.8, 4) is 0 Å². The highest BCUT2D eigenvalue weighted by Crippen LogP contribution is 2.43. The first-order valence-corrected chi connectivity index (χ1v) is 10.7. The third-order valence-corrected chi connectivity index (χ3v) is 7.23. The van der Waals surface area contributed by atoms with Crippen LogP contribution in [-0.2, 0) is 9.59 Å². The summed E-state index contributed by atoms with van der Waals surface area (Å²) in [5, 5.41) is 0. The van der Waals surface area contributed by atoms with Crippen LogP contribution in [0.4, 0.5) is 0 Å². The zero-order chi connectivity index (χ0) is 17.7. The van der Waals surface area contributed by atoms with Crippen LogP contribution in [-0.4, -0.2) is 11.6 Å². The molecule has 138 valence electrons. The van der Waals surface area contributed by atoms with Crippen LogP contribution in [0.15, 0.2) is 0 Å². The fourth-order valence-electron chi connectivity index (χ4n) is 5.68. The van der Waals surface area contributed by atoms with Gasteiger partial charge < -0.3 is 0 Å². The van der Waals surface area contributed by atoms with Gasteiger partial charge in [0.15, 0.2) is 0 Å². The number of rotatable bonds is 6. The summed E-state index contributed by atoms with van der Waals surface area (Å²) in [6, 6.07) is 0. The van der Waals surface area contributed by atoms with Crippen molar-refractivity contribution in [1.29, 1.82) is 0 Å². The van der Waals surface area contributed by atoms with Gasteiger partial charge in [0.2, 0.25) is 0 Å². The minimum absolute atomic E-state index is 0.138. The topological polar surface area (TPSA) is 34.1 Å². The third-order valence-electron chi connectivity index (χ3n) is 7.23. The van der Waals surface area contributed by atoms with Gasteiger partial charge in [-0.05, 0) is 43.4 Å². The minimum Gasteiger partial charge on any atom is -0.299 e. The Bertz CT molecular complexity index is 382. The molecule has 2 heteroatoms. The molecule has 0 bridgehead atoms. The molecule has 2 unspecified atom stereocenters. The van der Waals surface area contributed by atoms with Crippen LogP contribution in [0.25, 0.3) is 0 Å². The second kappa shape index (κ2) is 9.15. The number of fused-ring (bicyclic) bond motifs is 1. The van der Waals surface area contributed by atoms with E-state index in [9.17, 15) is 9.59 Å². The van der Waals surface area contributed by atoms with Crippen LogP contribution in [0.3, 0.4) is 0 Å². The second-order valence-corrected chi connectivity index (χ2v) is 8.27. The summed E-state index contributed by atoms with van der Waals surface area (Å²) in [6.07, 6.45) is 10.7. The summed E-state index contributed by atoms with van der Waals surface area (Å²) in [5.74, 6) is 1.94. The highest BCUT2D eigenvalue weighted by molar-refractivity contribution is 6.05. The van der Waals surface area contributed by atoms with Gasteiger partial charge in [-0.1, -0.05) is 66.2 Å². The first kappa shape index (κ1) is 19.7. The Hall–Kier alpha value is -0.660. The molecule has 2 aliphatic carbocycles. The van der Waals surface area contributed by atoms with Gasteiger partial charge in [-0.2, -0.15) is 0 Å². The Morgan fingerprint density at radius 2 is 1.08 bits per heavy atom. The van der Waals surface area contributed by atoms with E-state index in [2.05, 4.69) is 27.7 Å². The Morgan fingerprint density at radius 3 is 1.42 bits per heavy atom. The predicted molar refractivity (Wildman–Crippen MR) is 99.8 cm³/mol.